The van der Waals surface area contributed by atoms with Crippen LogP contribution in [0.2, 0.25) is 0 Å². The van der Waals surface area contributed by atoms with Crippen LogP contribution >= 0.6 is 0 Å². The Labute approximate surface area is 171 Å². The Hall–Kier alpha value is -1.75. The Kier molecular flexibility index (Phi) is 8.60. The number of hydrogen-bond donors (Lipinski definition) is 8. The molecule has 30 heavy (non-hydrogen) atoms. The topological polar surface area (TPSA) is 234 Å². The van der Waals surface area contributed by atoms with Gasteiger partial charge in [-0.05, 0) is 0 Å². The van der Waals surface area contributed by atoms with Gasteiger partial charge in [0.05, 0.1) is 25.5 Å². The highest BCUT2D eigenvalue weighted by molar-refractivity contribution is 5.70. The highest BCUT2D eigenvalue weighted by Gasteiger charge is 2.45. The molecule has 0 spiro atoms. The monoisotopic (exact) mass is 436 g/mol. The van der Waals surface area contributed by atoms with Gasteiger partial charge in [0.25, 0.3) is 0 Å². The summed E-state index contributed by atoms with van der Waals surface area (Å²) in [5.41, 5.74) is 4.59. The smallest absolute Gasteiger partial charge is 0.214 e. The van der Waals surface area contributed by atoms with Crippen molar-refractivity contribution < 1.29 is 50.0 Å². The van der Waals surface area contributed by atoms with E-state index in [0.717, 1.165) is 0 Å². The predicted octanol–water partition coefficient (Wildman–Crippen LogP) is -4.71. The lowest BCUT2D eigenvalue weighted by molar-refractivity contribution is -0.232. The van der Waals surface area contributed by atoms with E-state index in [1.807, 2.05) is 0 Å². The van der Waals surface area contributed by atoms with E-state index in [0.29, 0.717) is 0 Å². The Morgan fingerprint density at radius 1 is 1.07 bits per heavy atom. The molecule has 2 aliphatic rings. The number of rotatable bonds is 4. The van der Waals surface area contributed by atoms with E-state index < -0.39 is 68.3 Å². The number of amides is 1. The van der Waals surface area contributed by atoms with Crippen molar-refractivity contribution in [3.63, 3.8) is 0 Å². The predicted molar refractivity (Wildman–Crippen MR) is 95.2 cm³/mol. The fourth-order valence-electron chi connectivity index (χ4n) is 3.16. The first kappa shape index (κ1) is 24.5. The molecule has 9 atom stereocenters. The highest BCUT2D eigenvalue weighted by atomic mass is 16.6. The van der Waals surface area contributed by atoms with Crippen molar-refractivity contribution in [3.05, 3.63) is 11.9 Å². The molecule has 0 saturated carbocycles. The molecule has 3 rings (SSSR count). The van der Waals surface area contributed by atoms with E-state index in [-0.39, 0.29) is 18.0 Å². The molecule has 0 bridgehead atoms. The molecular weight excluding hydrogens is 408 g/mol. The van der Waals surface area contributed by atoms with Crippen LogP contribution in [0.1, 0.15) is 31.4 Å². The van der Waals surface area contributed by atoms with Crippen LogP contribution in [-0.4, -0.2) is 113 Å². The van der Waals surface area contributed by atoms with Gasteiger partial charge in [0, 0.05) is 13.3 Å². The Morgan fingerprint density at radius 3 is 2.20 bits per heavy atom. The molecule has 1 aromatic rings. The fourth-order valence-corrected chi connectivity index (χ4v) is 3.16. The standard InChI is InChI=1S/C14H23N3O9.C2H5NO/c18-3-7-10(21)6(20)1-9(25-7)17-2-5(15-16-17)14-13(24)12(23)11(22)8(4-19)26-14;1-2(3)4/h2,6-14,18-24H,1,3-4H2;1H3,(H2,3,4)/t6?,7?,8?,9?,10-,11+,12?,13?,14+;/m0./s1. The van der Waals surface area contributed by atoms with Crippen molar-refractivity contribution in [1.29, 1.82) is 0 Å². The average Bonchev–Trinajstić information content (AvgIpc) is 3.18. The maximum atomic E-state index is 10.1. The molecule has 172 valence electrons. The molecule has 2 aliphatic heterocycles. The maximum absolute atomic E-state index is 10.1. The number of nitrogens with two attached hydrogens (primary N) is 1. The average molecular weight is 436 g/mol. The summed E-state index contributed by atoms with van der Waals surface area (Å²) in [4.78, 5) is 9.22. The second-order valence-corrected chi connectivity index (χ2v) is 7.09. The first-order valence-electron chi connectivity index (χ1n) is 9.21. The van der Waals surface area contributed by atoms with Crippen molar-refractivity contribution in [2.24, 2.45) is 5.73 Å². The first-order chi connectivity index (χ1) is 14.1. The Morgan fingerprint density at radius 2 is 1.63 bits per heavy atom. The number of carbonyl (C=O) groups is 1. The van der Waals surface area contributed by atoms with Crippen molar-refractivity contribution in [2.45, 2.75) is 68.4 Å². The van der Waals surface area contributed by atoms with Gasteiger partial charge in [-0.3, -0.25) is 4.79 Å². The van der Waals surface area contributed by atoms with Gasteiger partial charge in [-0.2, -0.15) is 0 Å². The van der Waals surface area contributed by atoms with Gasteiger partial charge in [-0.15, -0.1) is 5.10 Å². The van der Waals surface area contributed by atoms with Crippen LogP contribution in [0.4, 0.5) is 0 Å². The third-order valence-electron chi connectivity index (χ3n) is 4.74. The summed E-state index contributed by atoms with van der Waals surface area (Å²) in [5, 5.41) is 75.6. The maximum Gasteiger partial charge on any atom is 0.214 e. The number of hydrogen-bond acceptors (Lipinski definition) is 12. The van der Waals surface area contributed by atoms with Crippen LogP contribution in [0.15, 0.2) is 6.20 Å². The van der Waals surface area contributed by atoms with Gasteiger partial charge in [-0.1, -0.05) is 5.21 Å². The second-order valence-electron chi connectivity index (χ2n) is 7.09. The number of ether oxygens (including phenoxy) is 2. The van der Waals surface area contributed by atoms with E-state index in [2.05, 4.69) is 16.0 Å². The second kappa shape index (κ2) is 10.5. The van der Waals surface area contributed by atoms with Crippen molar-refractivity contribution >= 4 is 5.91 Å². The summed E-state index contributed by atoms with van der Waals surface area (Å²) in [6, 6.07) is 0. The van der Waals surface area contributed by atoms with E-state index in [1.165, 1.54) is 17.8 Å². The molecule has 3 heterocycles. The van der Waals surface area contributed by atoms with E-state index >= 15 is 0 Å². The van der Waals surface area contributed by atoms with Crippen LogP contribution in [0, 0.1) is 0 Å². The molecule has 1 aromatic heterocycles. The lowest BCUT2D eigenvalue weighted by Gasteiger charge is -2.39. The minimum absolute atomic E-state index is 0.00481. The van der Waals surface area contributed by atoms with Gasteiger partial charge in [0.15, 0.2) is 6.23 Å². The van der Waals surface area contributed by atoms with Crippen LogP contribution in [0.5, 0.6) is 0 Å². The number of aliphatic hydroxyl groups is 7. The van der Waals surface area contributed by atoms with Gasteiger partial charge in [-0.25, -0.2) is 4.68 Å². The van der Waals surface area contributed by atoms with Gasteiger partial charge in [0.1, 0.15) is 48.4 Å². The molecule has 2 saturated heterocycles. The van der Waals surface area contributed by atoms with Crippen molar-refractivity contribution in [3.8, 4) is 0 Å². The van der Waals surface area contributed by atoms with Gasteiger partial charge in [0.2, 0.25) is 5.91 Å². The zero-order chi connectivity index (χ0) is 22.6. The fraction of sp³-hybridized carbons (Fsp3) is 0.812. The summed E-state index contributed by atoms with van der Waals surface area (Å²) < 4.78 is 12.1. The third-order valence-corrected chi connectivity index (χ3v) is 4.74. The minimum Gasteiger partial charge on any atom is -0.394 e. The summed E-state index contributed by atoms with van der Waals surface area (Å²) in [7, 11) is 0. The van der Waals surface area contributed by atoms with Crippen LogP contribution in [-0.2, 0) is 14.3 Å². The largest absolute Gasteiger partial charge is 0.394 e. The third kappa shape index (κ3) is 5.48. The van der Waals surface area contributed by atoms with Crippen molar-refractivity contribution in [2.75, 3.05) is 13.2 Å². The summed E-state index contributed by atoms with van der Waals surface area (Å²) in [6.45, 7) is 0.243. The molecular formula is C16H28N4O10. The molecule has 14 nitrogen and oxygen atoms in total. The molecule has 9 N–H and O–H groups in total. The number of nitrogens with zero attached hydrogens (tertiary/aromatic N) is 3. The molecule has 0 aliphatic carbocycles. The normalized spacial score (nSPS) is 39.1. The first-order valence-corrected chi connectivity index (χ1v) is 9.21. The van der Waals surface area contributed by atoms with Gasteiger partial charge < -0.3 is 51.0 Å². The highest BCUT2D eigenvalue weighted by Crippen LogP contribution is 2.33. The number of primary amides is 1. The van der Waals surface area contributed by atoms with Crippen LogP contribution in [0.3, 0.4) is 0 Å². The number of aromatic nitrogens is 3. The van der Waals surface area contributed by atoms with E-state index in [9.17, 15) is 40.5 Å². The zero-order valence-electron chi connectivity index (χ0n) is 16.2. The molecule has 0 radical (unpaired) electrons. The molecule has 1 amide bonds. The Balaban J connectivity index is 0.000000735. The Bertz CT molecular complexity index is 685. The SMILES string of the molecule is CC(N)=O.OCC1O[C@H](c2cn(C3CC(O)[C@H](O)C(CO)O3)nn2)C(O)C(O)[C@@H]1O. The van der Waals surface area contributed by atoms with Crippen LogP contribution in [0.25, 0.3) is 0 Å². The quantitative estimate of drug-likeness (QED) is 0.222. The number of carbonyl (C=O) groups excluding carboxylic acids is 1. The molecule has 2 fully saturated rings. The lowest BCUT2D eigenvalue weighted by Crippen LogP contribution is -2.55. The van der Waals surface area contributed by atoms with E-state index in [4.69, 9.17) is 9.47 Å². The molecule has 6 unspecified atom stereocenters. The summed E-state index contributed by atoms with van der Waals surface area (Å²) >= 11 is 0. The minimum atomic E-state index is -1.54. The lowest BCUT2D eigenvalue weighted by atomic mass is 9.94. The number of aliphatic hydroxyl groups excluding tert-OH is 7. The summed E-state index contributed by atoms with van der Waals surface area (Å²) in [6.07, 6.45) is -9.58. The van der Waals surface area contributed by atoms with Crippen molar-refractivity contribution in [1.82, 2.24) is 15.0 Å². The summed E-state index contributed by atoms with van der Waals surface area (Å²) in [5.74, 6) is -0.333. The van der Waals surface area contributed by atoms with E-state index in [1.54, 1.807) is 0 Å². The van der Waals surface area contributed by atoms with Gasteiger partial charge >= 0.3 is 0 Å². The zero-order valence-corrected chi connectivity index (χ0v) is 16.2. The molecule has 0 aromatic carbocycles. The molecule has 14 heteroatoms. The van der Waals surface area contributed by atoms with Crippen LogP contribution < -0.4 is 5.73 Å².